The van der Waals surface area contributed by atoms with Gasteiger partial charge in [-0.1, -0.05) is 24.3 Å². The molecule has 5 rings (SSSR count). The van der Waals surface area contributed by atoms with E-state index in [2.05, 4.69) is 14.8 Å². The van der Waals surface area contributed by atoms with Gasteiger partial charge in [-0.2, -0.15) is 5.10 Å². The Hall–Kier alpha value is -3.72. The Morgan fingerprint density at radius 3 is 2.79 bits per heavy atom. The van der Waals surface area contributed by atoms with E-state index in [1.54, 1.807) is 40.2 Å². The molecule has 2 aromatic heterocycles. The molecule has 2 aromatic carbocycles. The van der Waals surface area contributed by atoms with Crippen LogP contribution < -0.4 is 9.62 Å². The number of aromatic nitrogens is 3. The first-order chi connectivity index (χ1) is 15.8. The molecular weight excluding hydrogens is 438 g/mol. The molecule has 0 unspecified atom stereocenters. The molecule has 1 aliphatic rings. The predicted molar refractivity (Wildman–Crippen MR) is 127 cm³/mol. The Balaban J connectivity index is 1.36. The van der Waals surface area contributed by atoms with Gasteiger partial charge in [0.2, 0.25) is 5.91 Å². The van der Waals surface area contributed by atoms with Gasteiger partial charge in [0.1, 0.15) is 0 Å². The molecule has 33 heavy (non-hydrogen) atoms. The molecule has 1 N–H and O–H groups in total. The monoisotopic (exact) mass is 461 g/mol. The average Bonchev–Trinajstić information content (AvgIpc) is 3.35. The lowest BCUT2D eigenvalue weighted by Gasteiger charge is -2.20. The summed E-state index contributed by atoms with van der Waals surface area (Å²) < 4.78 is 30.2. The fourth-order valence-electron chi connectivity index (χ4n) is 4.42. The van der Waals surface area contributed by atoms with Gasteiger partial charge in [0, 0.05) is 42.5 Å². The number of fused-ring (bicyclic) bond motifs is 2. The number of amides is 1. The topological polar surface area (TPSA) is 97.2 Å². The van der Waals surface area contributed by atoms with Gasteiger partial charge in [-0.15, -0.1) is 0 Å². The molecular formula is C24H23N5O3S. The summed E-state index contributed by atoms with van der Waals surface area (Å²) in [4.78, 5) is 18.2. The van der Waals surface area contributed by atoms with Crippen LogP contribution in [0.4, 0.5) is 11.5 Å². The summed E-state index contributed by atoms with van der Waals surface area (Å²) >= 11 is 0. The van der Waals surface area contributed by atoms with Crippen LogP contribution in [0.2, 0.25) is 0 Å². The first kappa shape index (κ1) is 21.1. The largest absolute Gasteiger partial charge is 0.309 e. The number of hydrogen-bond donors (Lipinski definition) is 1. The van der Waals surface area contributed by atoms with Crippen molar-refractivity contribution in [1.82, 2.24) is 14.8 Å². The van der Waals surface area contributed by atoms with Crippen molar-refractivity contribution in [3.05, 3.63) is 78.1 Å². The summed E-state index contributed by atoms with van der Waals surface area (Å²) in [5.41, 5.74) is 3.49. The average molecular weight is 462 g/mol. The summed E-state index contributed by atoms with van der Waals surface area (Å²) in [5, 5.41) is 5.43. The van der Waals surface area contributed by atoms with Crippen LogP contribution in [0, 0.1) is 0 Å². The summed E-state index contributed by atoms with van der Waals surface area (Å²) in [5.74, 6) is 0.185. The number of pyridine rings is 1. The van der Waals surface area contributed by atoms with E-state index in [-0.39, 0.29) is 22.7 Å². The van der Waals surface area contributed by atoms with Crippen LogP contribution in [0.15, 0.2) is 71.9 Å². The summed E-state index contributed by atoms with van der Waals surface area (Å²) in [7, 11) is -3.83. The van der Waals surface area contributed by atoms with Gasteiger partial charge in [0.05, 0.1) is 17.0 Å². The highest BCUT2D eigenvalue weighted by molar-refractivity contribution is 7.92. The van der Waals surface area contributed by atoms with Crippen molar-refractivity contribution in [2.24, 2.45) is 0 Å². The molecule has 9 heteroatoms. The Morgan fingerprint density at radius 2 is 1.97 bits per heavy atom. The van der Waals surface area contributed by atoms with E-state index in [4.69, 9.17) is 0 Å². The maximum absolute atomic E-state index is 13.0. The number of rotatable bonds is 5. The fraction of sp³-hybridized carbons (Fsp3) is 0.208. The van der Waals surface area contributed by atoms with Crippen molar-refractivity contribution < 1.29 is 13.2 Å². The number of nitrogens with one attached hydrogen (secondary N) is 1. The van der Waals surface area contributed by atoms with Crippen molar-refractivity contribution in [3.63, 3.8) is 0 Å². The fourth-order valence-corrected chi connectivity index (χ4v) is 5.47. The number of hydrogen-bond acceptors (Lipinski definition) is 5. The SMILES string of the molecule is CC(=O)N1c2ccc(S(=O)(=O)Nc3ccn(Cc4cccc5cccnc45)n3)cc2C[C@H]1C. The summed E-state index contributed by atoms with van der Waals surface area (Å²) in [6.45, 7) is 3.93. The standard InChI is InChI=1S/C24H23N5O3S/c1-16-13-20-14-21(8-9-22(20)29(16)17(2)30)33(31,32)27-23-10-12-28(26-23)15-19-6-3-5-18-7-4-11-25-24(18)19/h3-12,14,16H,13,15H2,1-2H3,(H,26,27)/t16-/m1/s1. The maximum Gasteiger partial charge on any atom is 0.263 e. The zero-order valence-electron chi connectivity index (χ0n) is 18.3. The Labute approximate surface area is 191 Å². The second-order valence-electron chi connectivity index (χ2n) is 8.23. The van der Waals surface area contributed by atoms with Crippen LogP contribution in [0.5, 0.6) is 0 Å². The lowest BCUT2D eigenvalue weighted by Crippen LogP contribution is -2.33. The van der Waals surface area contributed by atoms with Crippen LogP contribution in [-0.4, -0.2) is 35.1 Å². The van der Waals surface area contributed by atoms with Gasteiger partial charge in [0.15, 0.2) is 5.82 Å². The summed E-state index contributed by atoms with van der Waals surface area (Å²) in [6, 6.07) is 16.3. The quantitative estimate of drug-likeness (QED) is 0.490. The summed E-state index contributed by atoms with van der Waals surface area (Å²) in [6.07, 6.45) is 4.10. The third-order valence-corrected chi connectivity index (χ3v) is 7.20. The van der Waals surface area contributed by atoms with Crippen molar-refractivity contribution >= 4 is 38.3 Å². The molecule has 0 saturated heterocycles. The molecule has 0 radical (unpaired) electrons. The second kappa shape index (κ2) is 8.00. The molecule has 0 saturated carbocycles. The van der Waals surface area contributed by atoms with E-state index in [0.717, 1.165) is 27.7 Å². The van der Waals surface area contributed by atoms with Crippen LogP contribution >= 0.6 is 0 Å². The van der Waals surface area contributed by atoms with Gasteiger partial charge in [0.25, 0.3) is 10.0 Å². The number of carbonyl (C=O) groups is 1. The number of para-hydroxylation sites is 1. The zero-order chi connectivity index (χ0) is 23.2. The number of anilines is 2. The van der Waals surface area contributed by atoms with E-state index in [1.807, 2.05) is 37.3 Å². The van der Waals surface area contributed by atoms with Crippen molar-refractivity contribution in [3.8, 4) is 0 Å². The van der Waals surface area contributed by atoms with Crippen LogP contribution in [0.25, 0.3) is 10.9 Å². The minimum absolute atomic E-state index is 0.00247. The highest BCUT2D eigenvalue weighted by Gasteiger charge is 2.30. The highest BCUT2D eigenvalue weighted by atomic mass is 32.2. The lowest BCUT2D eigenvalue weighted by molar-refractivity contribution is -0.116. The lowest BCUT2D eigenvalue weighted by atomic mass is 10.1. The smallest absolute Gasteiger partial charge is 0.263 e. The van der Waals surface area contributed by atoms with E-state index < -0.39 is 10.0 Å². The third kappa shape index (κ3) is 3.95. The van der Waals surface area contributed by atoms with Gasteiger partial charge in [-0.05, 0) is 48.7 Å². The number of sulfonamides is 1. The van der Waals surface area contributed by atoms with Crippen molar-refractivity contribution in [2.75, 3.05) is 9.62 Å². The van der Waals surface area contributed by atoms with Crippen LogP contribution in [0.3, 0.4) is 0 Å². The van der Waals surface area contributed by atoms with Crippen LogP contribution in [-0.2, 0) is 27.8 Å². The van der Waals surface area contributed by atoms with Gasteiger partial charge in [-0.3, -0.25) is 19.2 Å². The number of nitrogens with zero attached hydrogens (tertiary/aromatic N) is 4. The first-order valence-corrected chi connectivity index (χ1v) is 12.1. The Kier molecular flexibility index (Phi) is 5.13. The predicted octanol–water partition coefficient (Wildman–Crippen LogP) is 3.58. The molecule has 0 fully saturated rings. The minimum Gasteiger partial charge on any atom is -0.309 e. The van der Waals surface area contributed by atoms with Gasteiger partial charge in [-0.25, -0.2) is 8.42 Å². The molecule has 0 spiro atoms. The molecule has 8 nitrogen and oxygen atoms in total. The normalized spacial score (nSPS) is 15.6. The van der Waals surface area contributed by atoms with Gasteiger partial charge >= 0.3 is 0 Å². The maximum atomic E-state index is 13.0. The van der Waals surface area contributed by atoms with Crippen molar-refractivity contribution in [1.29, 1.82) is 0 Å². The molecule has 1 atom stereocenters. The van der Waals surface area contributed by atoms with Crippen LogP contribution in [0.1, 0.15) is 25.0 Å². The second-order valence-corrected chi connectivity index (χ2v) is 9.91. The first-order valence-electron chi connectivity index (χ1n) is 10.6. The molecule has 0 aliphatic carbocycles. The molecule has 1 amide bonds. The highest BCUT2D eigenvalue weighted by Crippen LogP contribution is 2.34. The molecule has 168 valence electrons. The molecule has 3 heterocycles. The van der Waals surface area contributed by atoms with E-state index in [9.17, 15) is 13.2 Å². The third-order valence-electron chi connectivity index (χ3n) is 5.84. The Bertz CT molecular complexity index is 1470. The van der Waals surface area contributed by atoms with E-state index in [1.165, 1.54) is 13.0 Å². The minimum atomic E-state index is -3.83. The number of benzene rings is 2. The van der Waals surface area contributed by atoms with E-state index in [0.29, 0.717) is 13.0 Å². The van der Waals surface area contributed by atoms with Gasteiger partial charge < -0.3 is 4.90 Å². The zero-order valence-corrected chi connectivity index (χ0v) is 19.1. The molecule has 1 aliphatic heterocycles. The number of carbonyl (C=O) groups excluding carboxylic acids is 1. The van der Waals surface area contributed by atoms with Crippen molar-refractivity contribution in [2.45, 2.75) is 37.8 Å². The van der Waals surface area contributed by atoms with E-state index >= 15 is 0 Å². The molecule has 4 aromatic rings. The molecule has 0 bridgehead atoms. The Morgan fingerprint density at radius 1 is 1.15 bits per heavy atom.